The Morgan fingerprint density at radius 1 is 1.14 bits per heavy atom. The van der Waals surface area contributed by atoms with Gasteiger partial charge in [-0.1, -0.05) is 76.4 Å². The fraction of sp³-hybridized carbons (Fsp3) is 0.167. The van der Waals surface area contributed by atoms with E-state index in [1.807, 2.05) is 31.2 Å². The molecular formula is C18H16Cl3N5OS. The van der Waals surface area contributed by atoms with Crippen LogP contribution >= 0.6 is 46.6 Å². The van der Waals surface area contributed by atoms with Crippen LogP contribution in [0.25, 0.3) is 11.4 Å². The van der Waals surface area contributed by atoms with Gasteiger partial charge >= 0.3 is 0 Å². The quantitative estimate of drug-likeness (QED) is 0.414. The molecule has 28 heavy (non-hydrogen) atoms. The summed E-state index contributed by atoms with van der Waals surface area (Å²) in [5.74, 6) is 6.33. The Morgan fingerprint density at radius 2 is 1.75 bits per heavy atom. The summed E-state index contributed by atoms with van der Waals surface area (Å²) in [6.45, 7) is 3.72. The van der Waals surface area contributed by atoms with E-state index in [1.54, 1.807) is 6.92 Å². The van der Waals surface area contributed by atoms with Crippen LogP contribution in [0, 0.1) is 6.92 Å². The van der Waals surface area contributed by atoms with E-state index in [1.165, 1.54) is 28.6 Å². The van der Waals surface area contributed by atoms with Gasteiger partial charge in [-0.25, -0.2) is 4.68 Å². The number of halogens is 3. The minimum absolute atomic E-state index is 0.256. The van der Waals surface area contributed by atoms with Crippen LogP contribution in [-0.2, 0) is 4.79 Å². The molecule has 0 aliphatic heterocycles. The van der Waals surface area contributed by atoms with Crippen molar-refractivity contribution in [2.75, 3.05) is 11.2 Å². The van der Waals surface area contributed by atoms with Gasteiger partial charge in [0.15, 0.2) is 5.82 Å². The molecule has 1 unspecified atom stereocenters. The Hall–Kier alpha value is -1.93. The zero-order chi connectivity index (χ0) is 20.4. The summed E-state index contributed by atoms with van der Waals surface area (Å²) in [6, 6.07) is 10.8. The number of benzene rings is 2. The molecule has 6 nitrogen and oxygen atoms in total. The highest BCUT2D eigenvalue weighted by atomic mass is 35.5. The molecule has 0 bridgehead atoms. The Bertz CT molecular complexity index is 1000. The fourth-order valence-electron chi connectivity index (χ4n) is 2.35. The van der Waals surface area contributed by atoms with Crippen molar-refractivity contribution >= 4 is 58.2 Å². The highest BCUT2D eigenvalue weighted by molar-refractivity contribution is 8.00. The van der Waals surface area contributed by atoms with E-state index in [4.69, 9.17) is 40.6 Å². The van der Waals surface area contributed by atoms with Gasteiger partial charge in [-0.3, -0.25) is 4.79 Å². The SMILES string of the molecule is Cc1ccc(-c2nnc(SC(C)C(=O)Nc3c(Cl)cc(Cl)cc3Cl)n2N)cc1. The van der Waals surface area contributed by atoms with Gasteiger partial charge < -0.3 is 11.2 Å². The first-order valence-electron chi connectivity index (χ1n) is 8.16. The summed E-state index contributed by atoms with van der Waals surface area (Å²) in [6.07, 6.45) is 0. The number of carbonyl (C=O) groups is 1. The molecule has 3 N–H and O–H groups in total. The molecule has 0 saturated carbocycles. The summed E-state index contributed by atoms with van der Waals surface area (Å²) >= 11 is 19.3. The first-order valence-corrected chi connectivity index (χ1v) is 10.2. The van der Waals surface area contributed by atoms with Crippen molar-refractivity contribution in [3.05, 3.63) is 57.0 Å². The average Bonchev–Trinajstić information content (AvgIpc) is 2.99. The van der Waals surface area contributed by atoms with E-state index in [-0.39, 0.29) is 16.0 Å². The van der Waals surface area contributed by atoms with Crippen molar-refractivity contribution in [1.82, 2.24) is 14.9 Å². The molecule has 1 amide bonds. The number of thioether (sulfide) groups is 1. The molecule has 1 heterocycles. The number of nitrogens with one attached hydrogen (secondary N) is 1. The second-order valence-corrected chi connectivity index (χ2v) is 8.59. The first-order chi connectivity index (χ1) is 13.3. The minimum Gasteiger partial charge on any atom is -0.335 e. The van der Waals surface area contributed by atoms with Gasteiger partial charge in [0.25, 0.3) is 0 Å². The zero-order valence-electron chi connectivity index (χ0n) is 14.9. The topological polar surface area (TPSA) is 85.8 Å². The molecule has 1 aromatic heterocycles. The van der Waals surface area contributed by atoms with Crippen molar-refractivity contribution in [2.45, 2.75) is 24.3 Å². The highest BCUT2D eigenvalue weighted by Crippen LogP contribution is 2.34. The second kappa shape index (κ2) is 8.61. The van der Waals surface area contributed by atoms with Crippen LogP contribution < -0.4 is 11.2 Å². The molecule has 0 spiro atoms. The molecule has 3 aromatic rings. The van der Waals surface area contributed by atoms with E-state index in [9.17, 15) is 4.79 Å². The third-order valence-corrected chi connectivity index (χ3v) is 5.75. The Morgan fingerprint density at radius 3 is 2.36 bits per heavy atom. The monoisotopic (exact) mass is 455 g/mol. The lowest BCUT2D eigenvalue weighted by Gasteiger charge is -2.14. The molecule has 0 aliphatic carbocycles. The maximum absolute atomic E-state index is 12.6. The summed E-state index contributed by atoms with van der Waals surface area (Å²) < 4.78 is 1.36. The average molecular weight is 457 g/mol. The van der Waals surface area contributed by atoms with E-state index in [2.05, 4.69) is 15.5 Å². The predicted molar refractivity (Wildman–Crippen MR) is 116 cm³/mol. The normalized spacial score (nSPS) is 12.0. The van der Waals surface area contributed by atoms with E-state index < -0.39 is 5.25 Å². The molecular weight excluding hydrogens is 441 g/mol. The van der Waals surface area contributed by atoms with Crippen molar-refractivity contribution in [2.24, 2.45) is 0 Å². The largest absolute Gasteiger partial charge is 0.335 e. The van der Waals surface area contributed by atoms with Crippen molar-refractivity contribution in [3.8, 4) is 11.4 Å². The van der Waals surface area contributed by atoms with E-state index in [0.717, 1.165) is 11.1 Å². The van der Waals surface area contributed by atoms with Gasteiger partial charge in [0.2, 0.25) is 11.1 Å². The Kier molecular flexibility index (Phi) is 6.40. The third kappa shape index (κ3) is 4.55. The molecule has 146 valence electrons. The lowest BCUT2D eigenvalue weighted by Crippen LogP contribution is -2.24. The van der Waals surface area contributed by atoms with Crippen LogP contribution in [0.15, 0.2) is 41.6 Å². The maximum Gasteiger partial charge on any atom is 0.237 e. The third-order valence-electron chi connectivity index (χ3n) is 3.88. The number of anilines is 1. The number of hydrogen-bond donors (Lipinski definition) is 2. The van der Waals surface area contributed by atoms with Crippen LogP contribution in [0.5, 0.6) is 0 Å². The molecule has 2 aromatic carbocycles. The number of nitrogens with zero attached hydrogens (tertiary/aromatic N) is 3. The summed E-state index contributed by atoms with van der Waals surface area (Å²) in [4.78, 5) is 12.6. The number of carbonyl (C=O) groups excluding carboxylic acids is 1. The number of aryl methyl sites for hydroxylation is 1. The molecule has 0 fully saturated rings. The van der Waals surface area contributed by atoms with Crippen LogP contribution in [-0.4, -0.2) is 26.0 Å². The van der Waals surface area contributed by atoms with Gasteiger partial charge in [0, 0.05) is 10.6 Å². The van der Waals surface area contributed by atoms with Crippen LogP contribution in [0.4, 0.5) is 5.69 Å². The molecule has 0 radical (unpaired) electrons. The maximum atomic E-state index is 12.6. The smallest absolute Gasteiger partial charge is 0.237 e. The van der Waals surface area contributed by atoms with Crippen LogP contribution in [0.2, 0.25) is 15.1 Å². The predicted octanol–water partition coefficient (Wildman–Crippen LogP) is 5.05. The molecule has 0 aliphatic rings. The van der Waals surface area contributed by atoms with Crippen molar-refractivity contribution in [3.63, 3.8) is 0 Å². The van der Waals surface area contributed by atoms with Crippen LogP contribution in [0.3, 0.4) is 0 Å². The fourth-order valence-corrected chi connectivity index (χ4v) is 4.04. The Labute approximate surface area is 181 Å². The summed E-state index contributed by atoms with van der Waals surface area (Å²) in [5, 5.41) is 11.7. The standard InChI is InChI=1S/C18H16Cl3N5OS/c1-9-3-5-11(6-4-9)16-24-25-18(26(16)22)28-10(2)17(27)23-15-13(20)7-12(19)8-14(15)21/h3-8,10H,22H2,1-2H3,(H,23,27). The molecule has 10 heteroatoms. The molecule has 0 saturated heterocycles. The number of hydrogen-bond acceptors (Lipinski definition) is 5. The van der Waals surface area contributed by atoms with Gasteiger partial charge in [0.1, 0.15) is 0 Å². The summed E-state index contributed by atoms with van der Waals surface area (Å²) in [5.41, 5.74) is 2.27. The van der Waals surface area contributed by atoms with Crippen LogP contribution in [0.1, 0.15) is 12.5 Å². The zero-order valence-corrected chi connectivity index (χ0v) is 18.0. The minimum atomic E-state index is -0.528. The number of aromatic nitrogens is 3. The highest BCUT2D eigenvalue weighted by Gasteiger charge is 2.21. The molecule has 3 rings (SSSR count). The van der Waals surface area contributed by atoms with Gasteiger partial charge in [0.05, 0.1) is 21.0 Å². The second-order valence-electron chi connectivity index (χ2n) is 6.04. The van der Waals surface area contributed by atoms with E-state index >= 15 is 0 Å². The molecule has 1 atom stereocenters. The van der Waals surface area contributed by atoms with Gasteiger partial charge in [-0.05, 0) is 26.0 Å². The number of nitrogen functional groups attached to an aromatic ring is 1. The lowest BCUT2D eigenvalue weighted by molar-refractivity contribution is -0.115. The van der Waals surface area contributed by atoms with Crippen molar-refractivity contribution in [1.29, 1.82) is 0 Å². The van der Waals surface area contributed by atoms with E-state index in [0.29, 0.717) is 21.7 Å². The van der Waals surface area contributed by atoms with Crippen molar-refractivity contribution < 1.29 is 4.79 Å². The number of rotatable bonds is 5. The number of nitrogens with two attached hydrogens (primary N) is 1. The van der Waals surface area contributed by atoms with Gasteiger partial charge in [-0.15, -0.1) is 10.2 Å². The lowest BCUT2D eigenvalue weighted by atomic mass is 10.1. The Balaban J connectivity index is 1.74. The summed E-state index contributed by atoms with van der Waals surface area (Å²) in [7, 11) is 0. The number of amides is 1. The van der Waals surface area contributed by atoms with Gasteiger partial charge in [-0.2, -0.15) is 0 Å². The first kappa shape index (κ1) is 20.8.